The highest BCUT2D eigenvalue weighted by molar-refractivity contribution is 9.12. The maximum Gasteiger partial charge on any atom is 0.258 e. The SMILES string of the molecule is COc1ccc(N2C(=O)[C@H](OC)[C@@H]2[C@H](O)CC#CBr)cc1. The van der Waals surface area contributed by atoms with E-state index in [4.69, 9.17) is 9.47 Å². The van der Waals surface area contributed by atoms with Crippen LogP contribution in [-0.4, -0.2) is 43.5 Å². The number of aliphatic hydroxyl groups excluding tert-OH is 1. The smallest absolute Gasteiger partial charge is 0.258 e. The van der Waals surface area contributed by atoms with E-state index < -0.39 is 18.2 Å². The molecule has 3 atom stereocenters. The minimum Gasteiger partial charge on any atom is -0.497 e. The molecule has 0 bridgehead atoms. The first-order valence-electron chi connectivity index (χ1n) is 6.40. The van der Waals surface area contributed by atoms with Crippen LogP contribution in [0.3, 0.4) is 0 Å². The Balaban J connectivity index is 2.22. The van der Waals surface area contributed by atoms with Crippen LogP contribution in [0.2, 0.25) is 0 Å². The van der Waals surface area contributed by atoms with Crippen LogP contribution in [0.4, 0.5) is 5.69 Å². The summed E-state index contributed by atoms with van der Waals surface area (Å²) in [6, 6.07) is 6.65. The summed E-state index contributed by atoms with van der Waals surface area (Å²) in [5.74, 6) is 3.29. The Kier molecular flexibility index (Phi) is 5.23. The number of carbonyl (C=O) groups is 1. The predicted molar refractivity (Wildman–Crippen MR) is 82.4 cm³/mol. The van der Waals surface area contributed by atoms with E-state index >= 15 is 0 Å². The van der Waals surface area contributed by atoms with E-state index in [1.54, 1.807) is 31.4 Å². The minimum atomic E-state index is -0.778. The zero-order chi connectivity index (χ0) is 15.4. The van der Waals surface area contributed by atoms with Gasteiger partial charge in [-0.15, -0.1) is 0 Å². The topological polar surface area (TPSA) is 59.0 Å². The van der Waals surface area contributed by atoms with E-state index in [0.717, 1.165) is 0 Å². The number of β-lactam (4-membered cyclic amide) rings is 1. The fraction of sp³-hybridized carbons (Fsp3) is 0.400. The summed E-state index contributed by atoms with van der Waals surface area (Å²) >= 11 is 2.99. The molecule has 1 aromatic carbocycles. The standard InChI is InChI=1S/C15H16BrNO4/c1-20-11-7-5-10(6-8-11)17-13(12(18)4-3-9-16)14(21-2)15(17)19/h5-8,12-14,18H,4H2,1-2H3/t12-,13+,14-/m1/s1. The molecule has 0 aliphatic carbocycles. The van der Waals surface area contributed by atoms with Crippen LogP contribution >= 0.6 is 15.9 Å². The Hall–Kier alpha value is -1.55. The lowest BCUT2D eigenvalue weighted by Crippen LogP contribution is -2.70. The molecule has 1 aliphatic heterocycles. The Morgan fingerprint density at radius 2 is 2.05 bits per heavy atom. The molecule has 21 heavy (non-hydrogen) atoms. The second kappa shape index (κ2) is 6.94. The average molecular weight is 354 g/mol. The highest BCUT2D eigenvalue weighted by Gasteiger charge is 2.51. The van der Waals surface area contributed by atoms with Crippen LogP contribution < -0.4 is 9.64 Å². The number of benzene rings is 1. The van der Waals surface area contributed by atoms with Gasteiger partial charge in [0.1, 0.15) is 5.75 Å². The Bertz CT molecular complexity index is 563. The van der Waals surface area contributed by atoms with Gasteiger partial charge in [0.25, 0.3) is 5.91 Å². The van der Waals surface area contributed by atoms with E-state index in [1.807, 2.05) is 0 Å². The van der Waals surface area contributed by atoms with Crippen molar-refractivity contribution in [2.75, 3.05) is 19.1 Å². The average Bonchev–Trinajstić information content (AvgIpc) is 2.51. The largest absolute Gasteiger partial charge is 0.497 e. The van der Waals surface area contributed by atoms with Gasteiger partial charge < -0.3 is 19.5 Å². The molecule has 5 nitrogen and oxygen atoms in total. The van der Waals surface area contributed by atoms with Gasteiger partial charge in [0.15, 0.2) is 6.10 Å². The van der Waals surface area contributed by atoms with E-state index in [9.17, 15) is 9.90 Å². The fourth-order valence-electron chi connectivity index (χ4n) is 2.40. The summed E-state index contributed by atoms with van der Waals surface area (Å²) in [6.07, 6.45) is -1.16. The summed E-state index contributed by atoms with van der Waals surface area (Å²) in [6.45, 7) is 0. The molecule has 1 amide bonds. The first-order chi connectivity index (χ1) is 10.1. The molecule has 0 unspecified atom stereocenters. The molecule has 1 aromatic rings. The van der Waals surface area contributed by atoms with Crippen LogP contribution in [-0.2, 0) is 9.53 Å². The summed E-state index contributed by atoms with van der Waals surface area (Å²) in [5, 5.41) is 10.2. The highest BCUT2D eigenvalue weighted by Crippen LogP contribution is 2.33. The predicted octanol–water partition coefficient (Wildman–Crippen LogP) is 1.53. The number of rotatable bonds is 5. The normalized spacial score (nSPS) is 22.1. The second-order valence-electron chi connectivity index (χ2n) is 4.60. The number of aliphatic hydroxyl groups is 1. The minimum absolute atomic E-state index is 0.168. The zero-order valence-electron chi connectivity index (χ0n) is 11.7. The summed E-state index contributed by atoms with van der Waals surface area (Å²) < 4.78 is 10.3. The molecule has 0 radical (unpaired) electrons. The van der Waals surface area contributed by atoms with Crippen molar-refractivity contribution in [2.45, 2.75) is 24.7 Å². The molecule has 1 N–H and O–H groups in total. The molecule has 1 heterocycles. The maximum atomic E-state index is 12.1. The molecule has 1 fully saturated rings. The van der Waals surface area contributed by atoms with Crippen LogP contribution in [0.25, 0.3) is 0 Å². The third kappa shape index (κ3) is 3.05. The molecule has 1 saturated heterocycles. The summed E-state index contributed by atoms with van der Waals surface area (Å²) in [4.78, 5) is 16.2. The van der Waals surface area contributed by atoms with E-state index in [0.29, 0.717) is 11.4 Å². The maximum absolute atomic E-state index is 12.1. The molecule has 0 aromatic heterocycles. The zero-order valence-corrected chi connectivity index (χ0v) is 13.3. The third-order valence-corrected chi connectivity index (χ3v) is 3.75. The van der Waals surface area contributed by atoms with E-state index in [2.05, 4.69) is 26.7 Å². The quantitative estimate of drug-likeness (QED) is 0.644. The molecule has 1 aliphatic rings. The molecular weight excluding hydrogens is 338 g/mol. The van der Waals surface area contributed by atoms with Crippen molar-refractivity contribution in [2.24, 2.45) is 0 Å². The van der Waals surface area contributed by atoms with Gasteiger partial charge in [-0.05, 0) is 29.1 Å². The number of amides is 1. The van der Waals surface area contributed by atoms with Gasteiger partial charge >= 0.3 is 0 Å². The van der Waals surface area contributed by atoms with Gasteiger partial charge in [-0.25, -0.2) is 0 Å². The number of hydrogen-bond acceptors (Lipinski definition) is 4. The van der Waals surface area contributed by atoms with Crippen molar-refractivity contribution in [1.29, 1.82) is 0 Å². The summed E-state index contributed by atoms with van der Waals surface area (Å²) in [7, 11) is 3.04. The lowest BCUT2D eigenvalue weighted by molar-refractivity contribution is -0.143. The molecule has 0 spiro atoms. The second-order valence-corrected chi connectivity index (χ2v) is 4.99. The van der Waals surface area contributed by atoms with Crippen molar-refractivity contribution in [1.82, 2.24) is 0 Å². The molecular formula is C15H16BrNO4. The van der Waals surface area contributed by atoms with Gasteiger partial charge in [0, 0.05) is 35.1 Å². The van der Waals surface area contributed by atoms with E-state index in [-0.39, 0.29) is 12.3 Å². The van der Waals surface area contributed by atoms with Crippen molar-refractivity contribution in [3.63, 3.8) is 0 Å². The number of anilines is 1. The number of hydrogen-bond donors (Lipinski definition) is 1. The molecule has 112 valence electrons. The molecule has 0 saturated carbocycles. The van der Waals surface area contributed by atoms with E-state index in [1.165, 1.54) is 12.0 Å². The Labute approximate surface area is 132 Å². The van der Waals surface area contributed by atoms with Crippen molar-refractivity contribution in [3.05, 3.63) is 24.3 Å². The Morgan fingerprint density at radius 3 is 2.57 bits per heavy atom. The van der Waals surface area contributed by atoms with Crippen LogP contribution in [0.1, 0.15) is 6.42 Å². The number of halogens is 1. The van der Waals surface area contributed by atoms with Gasteiger partial charge in [-0.3, -0.25) is 4.79 Å². The van der Waals surface area contributed by atoms with Crippen molar-refractivity contribution >= 4 is 27.5 Å². The van der Waals surface area contributed by atoms with Crippen LogP contribution in [0.5, 0.6) is 5.75 Å². The van der Waals surface area contributed by atoms with Crippen LogP contribution in [0.15, 0.2) is 24.3 Å². The number of ether oxygens (including phenoxy) is 2. The lowest BCUT2D eigenvalue weighted by Gasteiger charge is -2.47. The highest BCUT2D eigenvalue weighted by atomic mass is 79.9. The van der Waals surface area contributed by atoms with Gasteiger partial charge in [-0.1, -0.05) is 5.92 Å². The number of carbonyl (C=O) groups excluding carboxylic acids is 1. The first-order valence-corrected chi connectivity index (χ1v) is 7.19. The molecule has 6 heteroatoms. The van der Waals surface area contributed by atoms with Crippen molar-refractivity contribution in [3.8, 4) is 16.5 Å². The lowest BCUT2D eigenvalue weighted by atomic mass is 9.90. The van der Waals surface area contributed by atoms with Gasteiger partial charge in [0.05, 0.1) is 19.3 Å². The summed E-state index contributed by atoms with van der Waals surface area (Å²) in [5.41, 5.74) is 0.699. The molecule has 2 rings (SSSR count). The monoisotopic (exact) mass is 353 g/mol. The van der Waals surface area contributed by atoms with Gasteiger partial charge in [-0.2, -0.15) is 0 Å². The third-order valence-electron chi connectivity index (χ3n) is 3.47. The van der Waals surface area contributed by atoms with Gasteiger partial charge in [0.2, 0.25) is 0 Å². The number of nitrogens with zero attached hydrogens (tertiary/aromatic N) is 1. The Morgan fingerprint density at radius 1 is 1.38 bits per heavy atom. The first kappa shape index (κ1) is 15.8. The fourth-order valence-corrected chi connectivity index (χ4v) is 2.57. The number of methoxy groups -OCH3 is 2. The van der Waals surface area contributed by atoms with Crippen molar-refractivity contribution < 1.29 is 19.4 Å². The van der Waals surface area contributed by atoms with Crippen LogP contribution in [0, 0.1) is 10.8 Å².